The minimum atomic E-state index is 0.143. The number of ether oxygens (including phenoxy) is 1. The Morgan fingerprint density at radius 1 is 1.29 bits per heavy atom. The van der Waals surface area contributed by atoms with E-state index in [1.54, 1.807) is 7.11 Å². The highest BCUT2D eigenvalue weighted by Gasteiger charge is 2.39. The molecule has 2 saturated heterocycles. The Morgan fingerprint density at radius 3 is 2.36 bits per heavy atom. The van der Waals surface area contributed by atoms with Crippen molar-refractivity contribution in [1.82, 2.24) is 9.80 Å². The molecule has 2 aliphatic heterocycles. The summed E-state index contributed by atoms with van der Waals surface area (Å²) in [5.74, 6) is 1.53. The first-order valence-corrected chi connectivity index (χ1v) is 5.16. The number of fused-ring (bicyclic) bond motifs is 1. The molecule has 0 radical (unpaired) electrons. The van der Waals surface area contributed by atoms with Crippen LogP contribution in [-0.4, -0.2) is 62.7 Å². The van der Waals surface area contributed by atoms with Gasteiger partial charge in [-0.25, -0.2) is 0 Å². The van der Waals surface area contributed by atoms with Crippen LogP contribution in [0.3, 0.4) is 0 Å². The molecule has 2 fully saturated rings. The first-order valence-electron chi connectivity index (χ1n) is 5.16. The highest BCUT2D eigenvalue weighted by atomic mass is 16.5. The van der Waals surface area contributed by atoms with E-state index < -0.39 is 0 Å². The van der Waals surface area contributed by atoms with Crippen molar-refractivity contribution in [2.45, 2.75) is 0 Å². The molecule has 4 heteroatoms. The number of hydrogen-bond donors (Lipinski definition) is 0. The third-order valence-electron chi connectivity index (χ3n) is 3.29. The van der Waals surface area contributed by atoms with Crippen LogP contribution >= 0.6 is 0 Å². The van der Waals surface area contributed by atoms with Crippen LogP contribution in [0.25, 0.3) is 0 Å². The molecule has 14 heavy (non-hydrogen) atoms. The molecule has 0 N–H and O–H groups in total. The molecular formula is C10H18N2O2. The Bertz CT molecular complexity index is 218. The van der Waals surface area contributed by atoms with E-state index in [1.165, 1.54) is 0 Å². The van der Waals surface area contributed by atoms with E-state index in [-0.39, 0.29) is 12.5 Å². The highest BCUT2D eigenvalue weighted by Crippen LogP contribution is 2.29. The summed E-state index contributed by atoms with van der Waals surface area (Å²) in [5, 5.41) is 0. The first-order chi connectivity index (χ1) is 6.70. The maximum Gasteiger partial charge on any atom is 0.248 e. The zero-order valence-corrected chi connectivity index (χ0v) is 8.90. The van der Waals surface area contributed by atoms with Crippen LogP contribution in [0.1, 0.15) is 0 Å². The minimum Gasteiger partial charge on any atom is -0.375 e. The van der Waals surface area contributed by atoms with Gasteiger partial charge in [-0.3, -0.25) is 4.79 Å². The molecule has 4 nitrogen and oxygen atoms in total. The first kappa shape index (κ1) is 9.93. The third kappa shape index (κ3) is 1.77. The molecule has 0 aliphatic carbocycles. The van der Waals surface area contributed by atoms with Gasteiger partial charge in [0, 0.05) is 33.3 Å². The van der Waals surface area contributed by atoms with Gasteiger partial charge in [0.1, 0.15) is 6.61 Å². The van der Waals surface area contributed by atoms with Crippen molar-refractivity contribution in [2.75, 3.05) is 46.9 Å². The lowest BCUT2D eigenvalue weighted by Crippen LogP contribution is -2.34. The fourth-order valence-corrected chi connectivity index (χ4v) is 2.65. The second kappa shape index (κ2) is 3.87. The van der Waals surface area contributed by atoms with Crippen LogP contribution in [-0.2, 0) is 9.53 Å². The highest BCUT2D eigenvalue weighted by molar-refractivity contribution is 5.77. The molecular weight excluding hydrogens is 180 g/mol. The number of carbonyl (C=O) groups is 1. The molecule has 0 unspecified atom stereocenters. The van der Waals surface area contributed by atoms with E-state index in [0.29, 0.717) is 11.8 Å². The van der Waals surface area contributed by atoms with Crippen LogP contribution in [0.4, 0.5) is 0 Å². The zero-order valence-electron chi connectivity index (χ0n) is 8.90. The second-order valence-corrected chi connectivity index (χ2v) is 4.47. The topological polar surface area (TPSA) is 32.8 Å². The maximum absolute atomic E-state index is 11.5. The number of methoxy groups -OCH3 is 1. The Morgan fingerprint density at radius 2 is 1.86 bits per heavy atom. The van der Waals surface area contributed by atoms with Crippen molar-refractivity contribution >= 4 is 5.91 Å². The molecule has 2 rings (SSSR count). The monoisotopic (exact) mass is 198 g/mol. The number of hydrogen-bond acceptors (Lipinski definition) is 3. The van der Waals surface area contributed by atoms with E-state index in [9.17, 15) is 4.79 Å². The van der Waals surface area contributed by atoms with Gasteiger partial charge in [0.2, 0.25) is 5.91 Å². The molecule has 0 aromatic carbocycles. The molecule has 2 aliphatic rings. The van der Waals surface area contributed by atoms with Gasteiger partial charge in [0.05, 0.1) is 0 Å². The van der Waals surface area contributed by atoms with Gasteiger partial charge in [0.25, 0.3) is 0 Å². The van der Waals surface area contributed by atoms with Crippen LogP contribution in [0, 0.1) is 11.8 Å². The lowest BCUT2D eigenvalue weighted by Gasteiger charge is -2.18. The van der Waals surface area contributed by atoms with Crippen LogP contribution in [0.2, 0.25) is 0 Å². The molecule has 2 heterocycles. The Labute approximate surface area is 84.8 Å². The van der Waals surface area contributed by atoms with Gasteiger partial charge in [-0.1, -0.05) is 0 Å². The van der Waals surface area contributed by atoms with Gasteiger partial charge >= 0.3 is 0 Å². The SMILES string of the molecule is COCC(=O)N1C[C@H]2CN(C)C[C@@H]2C1. The lowest BCUT2D eigenvalue weighted by atomic mass is 10.0. The van der Waals surface area contributed by atoms with E-state index in [1.807, 2.05) is 4.90 Å². The molecule has 0 bridgehead atoms. The van der Waals surface area contributed by atoms with Crippen molar-refractivity contribution in [3.8, 4) is 0 Å². The predicted octanol–water partition coefficient (Wildman–Crippen LogP) is -0.347. The summed E-state index contributed by atoms with van der Waals surface area (Å²) in [6.07, 6.45) is 0. The van der Waals surface area contributed by atoms with Gasteiger partial charge in [-0.05, 0) is 18.9 Å². The second-order valence-electron chi connectivity index (χ2n) is 4.47. The largest absolute Gasteiger partial charge is 0.375 e. The van der Waals surface area contributed by atoms with Gasteiger partial charge < -0.3 is 14.5 Å². The number of amides is 1. The normalized spacial score (nSPS) is 32.3. The Hall–Kier alpha value is -0.610. The molecule has 0 spiro atoms. The standard InChI is InChI=1S/C10H18N2O2/c1-11-3-8-5-12(6-9(8)4-11)10(13)7-14-2/h8-9H,3-7H2,1-2H3/t8-,9-/m1/s1. The molecule has 1 amide bonds. The van der Waals surface area contributed by atoms with E-state index in [0.717, 1.165) is 26.2 Å². The van der Waals surface area contributed by atoms with Crippen LogP contribution in [0.15, 0.2) is 0 Å². The summed E-state index contributed by atoms with van der Waals surface area (Å²) in [5.41, 5.74) is 0. The fourth-order valence-electron chi connectivity index (χ4n) is 2.65. The minimum absolute atomic E-state index is 0.143. The summed E-state index contributed by atoms with van der Waals surface area (Å²) in [4.78, 5) is 15.9. The molecule has 0 saturated carbocycles. The van der Waals surface area contributed by atoms with Crippen molar-refractivity contribution in [1.29, 1.82) is 0 Å². The summed E-state index contributed by atoms with van der Waals surface area (Å²) < 4.78 is 4.86. The van der Waals surface area contributed by atoms with E-state index in [4.69, 9.17) is 4.74 Å². The lowest BCUT2D eigenvalue weighted by molar-refractivity contribution is -0.134. The molecule has 2 atom stereocenters. The van der Waals surface area contributed by atoms with Gasteiger partial charge in [-0.15, -0.1) is 0 Å². The summed E-state index contributed by atoms with van der Waals surface area (Å²) in [6, 6.07) is 0. The Kier molecular flexibility index (Phi) is 2.74. The predicted molar refractivity (Wildman–Crippen MR) is 52.9 cm³/mol. The molecule has 80 valence electrons. The van der Waals surface area contributed by atoms with Crippen LogP contribution in [0.5, 0.6) is 0 Å². The summed E-state index contributed by atoms with van der Waals surface area (Å²) in [6.45, 7) is 4.37. The summed E-state index contributed by atoms with van der Waals surface area (Å²) in [7, 11) is 3.72. The number of likely N-dealkylation sites (tertiary alicyclic amines) is 2. The van der Waals surface area contributed by atoms with Crippen LogP contribution < -0.4 is 0 Å². The van der Waals surface area contributed by atoms with Crippen molar-refractivity contribution < 1.29 is 9.53 Å². The van der Waals surface area contributed by atoms with Gasteiger partial charge in [-0.2, -0.15) is 0 Å². The van der Waals surface area contributed by atoms with Crippen molar-refractivity contribution in [2.24, 2.45) is 11.8 Å². The van der Waals surface area contributed by atoms with Gasteiger partial charge in [0.15, 0.2) is 0 Å². The maximum atomic E-state index is 11.5. The zero-order chi connectivity index (χ0) is 10.1. The molecule has 0 aromatic heterocycles. The van der Waals surface area contributed by atoms with Crippen molar-refractivity contribution in [3.63, 3.8) is 0 Å². The summed E-state index contributed by atoms with van der Waals surface area (Å²) >= 11 is 0. The molecule has 0 aromatic rings. The van der Waals surface area contributed by atoms with E-state index in [2.05, 4.69) is 11.9 Å². The van der Waals surface area contributed by atoms with E-state index >= 15 is 0 Å². The quantitative estimate of drug-likeness (QED) is 0.608. The number of carbonyl (C=O) groups excluding carboxylic acids is 1. The number of rotatable bonds is 2. The fraction of sp³-hybridized carbons (Fsp3) is 0.900. The average molecular weight is 198 g/mol. The smallest absolute Gasteiger partial charge is 0.248 e. The average Bonchev–Trinajstić information content (AvgIpc) is 2.61. The number of nitrogens with zero attached hydrogens (tertiary/aromatic N) is 2. The Balaban J connectivity index is 1.88. The van der Waals surface area contributed by atoms with Crippen molar-refractivity contribution in [3.05, 3.63) is 0 Å². The third-order valence-corrected chi connectivity index (χ3v) is 3.29.